The van der Waals surface area contributed by atoms with Crippen LogP contribution in [0.15, 0.2) is 102 Å². The summed E-state index contributed by atoms with van der Waals surface area (Å²) in [6.45, 7) is 0.500. The topological polar surface area (TPSA) is 84.0 Å². The van der Waals surface area contributed by atoms with E-state index in [-0.39, 0.29) is 22.3 Å². The number of amides is 1. The third-order valence-electron chi connectivity index (χ3n) is 5.22. The van der Waals surface area contributed by atoms with Crippen LogP contribution in [0.5, 0.6) is 0 Å². The van der Waals surface area contributed by atoms with Gasteiger partial charge >= 0.3 is 0 Å². The van der Waals surface area contributed by atoms with Gasteiger partial charge < -0.3 is 18.6 Å². The molecular formula is C25H23BrN2O5S. The number of anilines is 1. The van der Waals surface area contributed by atoms with Crippen LogP contribution in [0.1, 0.15) is 21.9 Å². The molecule has 0 radical (unpaired) electrons. The van der Waals surface area contributed by atoms with E-state index < -0.39 is 15.7 Å². The SMILES string of the molecule is CN(C)c1ccc(CN(Cc2ccco2)C(=O)c2ccc(S(=O)(=O)c3ccc(Br)cc3)o2)cc1. The molecule has 0 aliphatic carbocycles. The van der Waals surface area contributed by atoms with Crippen LogP contribution < -0.4 is 4.90 Å². The fraction of sp³-hybridized carbons (Fsp3) is 0.160. The van der Waals surface area contributed by atoms with Crippen molar-refractivity contribution in [1.29, 1.82) is 0 Å². The predicted octanol–water partition coefficient (Wildman–Crippen LogP) is 5.38. The molecule has 0 unspecified atom stereocenters. The van der Waals surface area contributed by atoms with Crippen molar-refractivity contribution in [2.75, 3.05) is 19.0 Å². The number of carbonyl (C=O) groups excluding carboxylic acids is 1. The summed E-state index contributed by atoms with van der Waals surface area (Å²) in [5.41, 5.74) is 1.96. The second-order valence-electron chi connectivity index (χ2n) is 7.88. The highest BCUT2D eigenvalue weighted by Gasteiger charge is 2.26. The summed E-state index contributed by atoms with van der Waals surface area (Å²) in [5.74, 6) is 0.102. The van der Waals surface area contributed by atoms with Crippen LogP contribution in [0.25, 0.3) is 0 Å². The summed E-state index contributed by atoms with van der Waals surface area (Å²) in [5, 5.41) is -0.286. The summed E-state index contributed by atoms with van der Waals surface area (Å²) in [6, 6.07) is 20.3. The molecule has 2 heterocycles. The lowest BCUT2D eigenvalue weighted by Crippen LogP contribution is -2.29. The Balaban J connectivity index is 1.60. The fourth-order valence-corrected chi connectivity index (χ4v) is 4.81. The number of sulfone groups is 1. The molecule has 34 heavy (non-hydrogen) atoms. The lowest BCUT2D eigenvalue weighted by molar-refractivity contribution is 0.0679. The molecule has 0 aliphatic heterocycles. The minimum absolute atomic E-state index is 0.0628. The third-order valence-corrected chi connectivity index (χ3v) is 7.39. The Kier molecular flexibility index (Phi) is 6.95. The van der Waals surface area contributed by atoms with Gasteiger partial charge in [-0.1, -0.05) is 28.1 Å². The highest BCUT2D eigenvalue weighted by molar-refractivity contribution is 9.10. The standard InChI is InChI=1S/C25H23BrN2O5S/c1-27(2)20-9-5-18(6-10-20)16-28(17-21-4-3-15-32-21)25(29)23-13-14-24(33-23)34(30,31)22-11-7-19(26)8-12-22/h3-15H,16-17H2,1-2H3. The number of hydrogen-bond donors (Lipinski definition) is 0. The first-order valence-corrected chi connectivity index (χ1v) is 12.7. The van der Waals surface area contributed by atoms with E-state index in [1.807, 2.05) is 43.3 Å². The predicted molar refractivity (Wildman–Crippen MR) is 131 cm³/mol. The Hall–Kier alpha value is -3.30. The number of nitrogens with zero attached hydrogens (tertiary/aromatic N) is 2. The minimum Gasteiger partial charge on any atom is -0.467 e. The Labute approximate surface area is 206 Å². The first kappa shape index (κ1) is 23.8. The van der Waals surface area contributed by atoms with E-state index in [1.54, 1.807) is 35.4 Å². The molecule has 176 valence electrons. The fourth-order valence-electron chi connectivity index (χ4n) is 3.38. The summed E-state index contributed by atoms with van der Waals surface area (Å²) in [4.78, 5) is 17.0. The maximum absolute atomic E-state index is 13.4. The molecule has 0 spiro atoms. The highest BCUT2D eigenvalue weighted by Crippen LogP contribution is 2.26. The molecule has 7 nitrogen and oxygen atoms in total. The summed E-state index contributed by atoms with van der Waals surface area (Å²) in [6.07, 6.45) is 1.54. The van der Waals surface area contributed by atoms with Crippen LogP contribution in [0.2, 0.25) is 0 Å². The molecule has 9 heteroatoms. The summed E-state index contributed by atoms with van der Waals surface area (Å²) in [7, 11) is 0.0165. The van der Waals surface area contributed by atoms with Gasteiger partial charge in [0, 0.05) is 30.8 Å². The largest absolute Gasteiger partial charge is 0.467 e. The van der Waals surface area contributed by atoms with E-state index in [9.17, 15) is 13.2 Å². The number of carbonyl (C=O) groups is 1. The number of rotatable bonds is 8. The van der Waals surface area contributed by atoms with Gasteiger partial charge in [-0.25, -0.2) is 8.42 Å². The lowest BCUT2D eigenvalue weighted by Gasteiger charge is -2.21. The smallest absolute Gasteiger partial charge is 0.290 e. The van der Waals surface area contributed by atoms with Crippen LogP contribution in [0, 0.1) is 0 Å². The van der Waals surface area contributed by atoms with Crippen molar-refractivity contribution in [2.45, 2.75) is 23.1 Å². The van der Waals surface area contributed by atoms with Crippen molar-refractivity contribution >= 4 is 37.4 Å². The van der Waals surface area contributed by atoms with Crippen molar-refractivity contribution in [2.24, 2.45) is 0 Å². The van der Waals surface area contributed by atoms with Gasteiger partial charge in [-0.15, -0.1) is 0 Å². The molecule has 1 amide bonds. The van der Waals surface area contributed by atoms with Gasteiger partial charge in [-0.2, -0.15) is 0 Å². The van der Waals surface area contributed by atoms with Gasteiger partial charge in [-0.3, -0.25) is 4.79 Å². The van der Waals surface area contributed by atoms with E-state index >= 15 is 0 Å². The van der Waals surface area contributed by atoms with Gasteiger partial charge in [0.15, 0.2) is 5.76 Å². The van der Waals surface area contributed by atoms with E-state index in [1.165, 1.54) is 24.3 Å². The first-order valence-electron chi connectivity index (χ1n) is 10.4. The average molecular weight is 543 g/mol. The lowest BCUT2D eigenvalue weighted by atomic mass is 10.1. The molecule has 0 atom stereocenters. The molecule has 0 bridgehead atoms. The normalized spacial score (nSPS) is 11.4. The maximum Gasteiger partial charge on any atom is 0.290 e. The van der Waals surface area contributed by atoms with Crippen LogP contribution in [-0.2, 0) is 22.9 Å². The van der Waals surface area contributed by atoms with Crippen LogP contribution >= 0.6 is 15.9 Å². The van der Waals surface area contributed by atoms with Crippen LogP contribution in [0.3, 0.4) is 0 Å². The average Bonchev–Trinajstić information content (AvgIpc) is 3.52. The summed E-state index contributed by atoms with van der Waals surface area (Å²) < 4.78 is 37.6. The Morgan fingerprint density at radius 1 is 0.912 bits per heavy atom. The molecule has 4 rings (SSSR count). The van der Waals surface area contributed by atoms with Gasteiger partial charge in [0.25, 0.3) is 5.91 Å². The Bertz CT molecular complexity index is 1360. The second-order valence-corrected chi connectivity index (χ2v) is 10.7. The zero-order valence-corrected chi connectivity index (χ0v) is 21.0. The maximum atomic E-state index is 13.4. The van der Waals surface area contributed by atoms with Crippen molar-refractivity contribution in [1.82, 2.24) is 4.90 Å². The quantitative estimate of drug-likeness (QED) is 0.297. The van der Waals surface area contributed by atoms with E-state index in [4.69, 9.17) is 8.83 Å². The minimum atomic E-state index is -3.90. The zero-order chi connectivity index (χ0) is 24.3. The van der Waals surface area contributed by atoms with E-state index in [2.05, 4.69) is 15.9 Å². The number of halogens is 1. The molecule has 0 fully saturated rings. The van der Waals surface area contributed by atoms with Gasteiger partial charge in [0.05, 0.1) is 17.7 Å². The van der Waals surface area contributed by atoms with E-state index in [0.29, 0.717) is 12.3 Å². The molecule has 0 saturated heterocycles. The van der Waals surface area contributed by atoms with Crippen LogP contribution in [-0.4, -0.2) is 33.3 Å². The second kappa shape index (κ2) is 9.90. The first-order chi connectivity index (χ1) is 16.2. The third kappa shape index (κ3) is 5.26. The van der Waals surface area contributed by atoms with Crippen molar-refractivity contribution < 1.29 is 22.0 Å². The van der Waals surface area contributed by atoms with Gasteiger partial charge in [0.2, 0.25) is 14.9 Å². The van der Waals surface area contributed by atoms with Crippen molar-refractivity contribution in [3.8, 4) is 0 Å². The van der Waals surface area contributed by atoms with Gasteiger partial charge in [-0.05, 0) is 66.2 Å². The number of benzene rings is 2. The van der Waals surface area contributed by atoms with E-state index in [0.717, 1.165) is 15.7 Å². The molecule has 0 N–H and O–H groups in total. The Morgan fingerprint density at radius 3 is 2.24 bits per heavy atom. The molecule has 4 aromatic rings. The van der Waals surface area contributed by atoms with Crippen molar-refractivity contribution in [3.05, 3.63) is 101 Å². The molecule has 2 aromatic heterocycles. The highest BCUT2D eigenvalue weighted by atomic mass is 79.9. The number of hydrogen-bond acceptors (Lipinski definition) is 6. The molecule has 0 aliphatic rings. The molecule has 2 aromatic carbocycles. The van der Waals surface area contributed by atoms with Crippen molar-refractivity contribution in [3.63, 3.8) is 0 Å². The monoisotopic (exact) mass is 542 g/mol. The van der Waals surface area contributed by atoms with Crippen LogP contribution in [0.4, 0.5) is 5.69 Å². The zero-order valence-electron chi connectivity index (χ0n) is 18.6. The number of furan rings is 2. The molecule has 0 saturated carbocycles. The Morgan fingerprint density at radius 2 is 1.62 bits per heavy atom. The molecular weight excluding hydrogens is 520 g/mol. The van der Waals surface area contributed by atoms with Gasteiger partial charge in [0.1, 0.15) is 5.76 Å². The summed E-state index contributed by atoms with van der Waals surface area (Å²) >= 11 is 3.29.